The van der Waals surface area contributed by atoms with E-state index in [-0.39, 0.29) is 24.1 Å². The lowest BCUT2D eigenvalue weighted by atomic mass is 9.86. The van der Waals surface area contributed by atoms with Crippen molar-refractivity contribution in [1.82, 2.24) is 9.97 Å². The van der Waals surface area contributed by atoms with Crippen molar-refractivity contribution in [3.05, 3.63) is 83.4 Å². The fraction of sp³-hybridized carbons (Fsp3) is 0.185. The number of H-pyrrole nitrogens is 1. The van der Waals surface area contributed by atoms with Crippen molar-refractivity contribution >= 4 is 40.3 Å². The van der Waals surface area contributed by atoms with E-state index in [4.69, 9.17) is 4.74 Å². The first kappa shape index (κ1) is 22.3. The number of carbonyl (C=O) groups excluding carboxylic acids is 3. The van der Waals surface area contributed by atoms with Crippen LogP contribution in [0.4, 0.5) is 11.6 Å². The van der Waals surface area contributed by atoms with Gasteiger partial charge in [0.05, 0.1) is 35.8 Å². The Hall–Kier alpha value is -4.46. The molecule has 0 radical (unpaired) electrons. The molecule has 0 unspecified atom stereocenters. The average Bonchev–Trinajstić information content (AvgIpc) is 3.34. The fourth-order valence-corrected chi connectivity index (χ4v) is 4.33. The van der Waals surface area contributed by atoms with Gasteiger partial charge in [-0.05, 0) is 67.9 Å². The quantitative estimate of drug-likeness (QED) is 0.410. The number of ketones is 1. The van der Waals surface area contributed by atoms with Crippen molar-refractivity contribution in [2.24, 2.45) is 0 Å². The molecule has 8 heteroatoms. The summed E-state index contributed by atoms with van der Waals surface area (Å²) in [6, 6.07) is 19.3. The van der Waals surface area contributed by atoms with Gasteiger partial charge in [-0.1, -0.05) is 18.2 Å². The number of benzene rings is 3. The molecule has 176 valence electrons. The number of imidazole rings is 1. The van der Waals surface area contributed by atoms with E-state index in [9.17, 15) is 14.4 Å². The van der Waals surface area contributed by atoms with Gasteiger partial charge in [-0.3, -0.25) is 19.7 Å². The molecule has 0 spiro atoms. The summed E-state index contributed by atoms with van der Waals surface area (Å²) in [7, 11) is 1.56. The molecule has 5 rings (SSSR count). The van der Waals surface area contributed by atoms with Crippen molar-refractivity contribution in [2.45, 2.75) is 19.3 Å². The molecule has 0 atom stereocenters. The second kappa shape index (κ2) is 8.39. The molecule has 0 saturated heterocycles. The van der Waals surface area contributed by atoms with Gasteiger partial charge in [0, 0.05) is 11.1 Å². The fourth-order valence-electron chi connectivity index (χ4n) is 4.33. The van der Waals surface area contributed by atoms with Crippen LogP contribution in [0.2, 0.25) is 0 Å². The highest BCUT2D eigenvalue weighted by atomic mass is 16.5. The van der Waals surface area contributed by atoms with Crippen LogP contribution in [0.5, 0.6) is 5.75 Å². The van der Waals surface area contributed by atoms with Crippen LogP contribution in [-0.4, -0.2) is 41.2 Å². The van der Waals surface area contributed by atoms with Crippen LogP contribution in [-0.2, 0) is 10.2 Å². The number of carbonyl (C=O) groups is 3. The zero-order valence-corrected chi connectivity index (χ0v) is 19.6. The van der Waals surface area contributed by atoms with E-state index in [1.807, 2.05) is 26.0 Å². The Labute approximate surface area is 201 Å². The zero-order valence-electron chi connectivity index (χ0n) is 19.6. The molecule has 2 heterocycles. The van der Waals surface area contributed by atoms with Crippen LogP contribution in [0, 0.1) is 0 Å². The highest BCUT2D eigenvalue weighted by Crippen LogP contribution is 2.43. The summed E-state index contributed by atoms with van der Waals surface area (Å²) in [6.45, 7) is 3.59. The maximum Gasteiger partial charge on any atom is 0.257 e. The van der Waals surface area contributed by atoms with Crippen LogP contribution < -0.4 is 15.0 Å². The minimum absolute atomic E-state index is 0.0882. The van der Waals surface area contributed by atoms with E-state index in [0.29, 0.717) is 39.5 Å². The topological polar surface area (TPSA) is 104 Å². The summed E-state index contributed by atoms with van der Waals surface area (Å²) in [5.41, 5.74) is 2.91. The first-order chi connectivity index (χ1) is 16.8. The molecule has 4 aromatic rings. The summed E-state index contributed by atoms with van der Waals surface area (Å²) in [5, 5.41) is 2.78. The smallest absolute Gasteiger partial charge is 0.257 e. The minimum atomic E-state index is -0.817. The molecule has 0 fully saturated rings. The molecule has 2 amide bonds. The molecule has 1 aliphatic rings. The Bertz CT molecular complexity index is 1460. The summed E-state index contributed by atoms with van der Waals surface area (Å²) < 4.78 is 5.15. The number of rotatable bonds is 6. The van der Waals surface area contributed by atoms with Gasteiger partial charge in [0.15, 0.2) is 5.78 Å². The van der Waals surface area contributed by atoms with Crippen molar-refractivity contribution < 1.29 is 19.1 Å². The van der Waals surface area contributed by atoms with Crippen LogP contribution >= 0.6 is 0 Å². The SMILES string of the molecule is COc1ccc(C(=O)CN2C(=O)C(C)(C)c3cc4[nH]c(NC(=O)c5ccccc5)nc4cc32)cc1. The third-order valence-corrected chi connectivity index (χ3v) is 6.32. The number of anilines is 2. The molecule has 0 aliphatic carbocycles. The van der Waals surface area contributed by atoms with Crippen LogP contribution in [0.25, 0.3) is 11.0 Å². The zero-order chi connectivity index (χ0) is 24.7. The first-order valence-electron chi connectivity index (χ1n) is 11.2. The molecule has 35 heavy (non-hydrogen) atoms. The third-order valence-electron chi connectivity index (χ3n) is 6.32. The number of nitrogens with one attached hydrogen (secondary N) is 2. The monoisotopic (exact) mass is 468 g/mol. The molecular weight excluding hydrogens is 444 g/mol. The molecule has 3 aromatic carbocycles. The van der Waals surface area contributed by atoms with Gasteiger partial charge in [0.25, 0.3) is 5.91 Å². The second-order valence-electron chi connectivity index (χ2n) is 8.96. The molecule has 1 aromatic heterocycles. The van der Waals surface area contributed by atoms with Crippen molar-refractivity contribution in [3.8, 4) is 5.75 Å². The molecule has 8 nitrogen and oxygen atoms in total. The largest absolute Gasteiger partial charge is 0.497 e. The number of nitrogens with zero attached hydrogens (tertiary/aromatic N) is 2. The number of Topliss-reactive ketones (excluding diaryl/α,β-unsaturated/α-hetero) is 1. The Kier molecular flexibility index (Phi) is 5.36. The van der Waals surface area contributed by atoms with E-state index in [2.05, 4.69) is 15.3 Å². The van der Waals surface area contributed by atoms with Crippen molar-refractivity contribution in [1.29, 1.82) is 0 Å². The molecule has 1 aliphatic heterocycles. The number of methoxy groups -OCH3 is 1. The summed E-state index contributed by atoms with van der Waals surface area (Å²) in [5.74, 6) is 0.352. The Balaban J connectivity index is 1.45. The van der Waals surface area contributed by atoms with E-state index in [1.54, 1.807) is 61.7 Å². The van der Waals surface area contributed by atoms with Gasteiger partial charge in [0.1, 0.15) is 5.75 Å². The van der Waals surface area contributed by atoms with Crippen molar-refractivity contribution in [2.75, 3.05) is 23.9 Å². The van der Waals surface area contributed by atoms with E-state index >= 15 is 0 Å². The van der Waals surface area contributed by atoms with Gasteiger partial charge < -0.3 is 14.6 Å². The van der Waals surface area contributed by atoms with E-state index in [1.165, 1.54) is 4.90 Å². The average molecular weight is 469 g/mol. The maximum atomic E-state index is 13.3. The van der Waals surface area contributed by atoms with Gasteiger partial charge in [-0.25, -0.2) is 4.98 Å². The minimum Gasteiger partial charge on any atom is -0.497 e. The highest BCUT2D eigenvalue weighted by molar-refractivity contribution is 6.14. The summed E-state index contributed by atoms with van der Waals surface area (Å²) >= 11 is 0. The van der Waals surface area contributed by atoms with Gasteiger partial charge in [-0.15, -0.1) is 0 Å². The lowest BCUT2D eigenvalue weighted by Crippen LogP contribution is -2.39. The summed E-state index contributed by atoms with van der Waals surface area (Å²) in [6.07, 6.45) is 0. The number of aromatic amines is 1. The van der Waals surface area contributed by atoms with Crippen molar-refractivity contribution in [3.63, 3.8) is 0 Å². The maximum absolute atomic E-state index is 13.3. The molecule has 0 saturated carbocycles. The lowest BCUT2D eigenvalue weighted by molar-refractivity contribution is -0.122. The first-order valence-corrected chi connectivity index (χ1v) is 11.2. The van der Waals surface area contributed by atoms with Gasteiger partial charge >= 0.3 is 0 Å². The molecular formula is C27H24N4O4. The molecule has 2 N–H and O–H groups in total. The number of hydrogen-bond donors (Lipinski definition) is 2. The Morgan fingerprint density at radius 1 is 1.03 bits per heavy atom. The van der Waals surface area contributed by atoms with Gasteiger partial charge in [0.2, 0.25) is 11.9 Å². The lowest BCUT2D eigenvalue weighted by Gasteiger charge is -2.19. The summed E-state index contributed by atoms with van der Waals surface area (Å²) in [4.78, 5) is 47.9. The Morgan fingerprint density at radius 2 is 1.74 bits per heavy atom. The number of ether oxygens (including phenoxy) is 1. The van der Waals surface area contributed by atoms with E-state index in [0.717, 1.165) is 5.56 Å². The standard InChI is InChI=1S/C27H24N4O4/c1-27(2)19-13-20-21(29-26(28-20)30-24(33)17-7-5-4-6-8-17)14-22(19)31(25(27)34)15-23(32)16-9-11-18(35-3)12-10-16/h4-14H,15H2,1-3H3,(H2,28,29,30,33). The predicted octanol–water partition coefficient (Wildman–Crippen LogP) is 4.33. The number of hydrogen-bond acceptors (Lipinski definition) is 5. The van der Waals surface area contributed by atoms with Crippen LogP contribution in [0.3, 0.4) is 0 Å². The third kappa shape index (κ3) is 3.93. The highest BCUT2D eigenvalue weighted by Gasteiger charge is 2.45. The van der Waals surface area contributed by atoms with Crippen LogP contribution in [0.15, 0.2) is 66.7 Å². The predicted molar refractivity (Wildman–Crippen MR) is 133 cm³/mol. The normalized spacial score (nSPS) is 14.1. The van der Waals surface area contributed by atoms with E-state index < -0.39 is 5.41 Å². The number of aromatic nitrogens is 2. The molecule has 0 bridgehead atoms. The number of fused-ring (bicyclic) bond motifs is 2. The van der Waals surface area contributed by atoms with Gasteiger partial charge in [-0.2, -0.15) is 0 Å². The van der Waals surface area contributed by atoms with Crippen LogP contribution in [0.1, 0.15) is 40.1 Å². The number of amides is 2. The Morgan fingerprint density at radius 3 is 2.43 bits per heavy atom. The second-order valence-corrected chi connectivity index (χ2v) is 8.96.